The van der Waals surface area contributed by atoms with Crippen LogP contribution in [0.4, 0.5) is 8.78 Å². The minimum atomic E-state index is -2.22. The molecule has 0 spiro atoms. The van der Waals surface area contributed by atoms with E-state index in [0.29, 0.717) is 6.07 Å². The monoisotopic (exact) mass is 303 g/mol. The molecular weight excluding hydrogens is 286 g/mol. The highest BCUT2D eigenvalue weighted by atomic mass is 19.1. The molecule has 1 heterocycles. The third-order valence-corrected chi connectivity index (χ3v) is 3.41. The summed E-state index contributed by atoms with van der Waals surface area (Å²) in [6.45, 7) is 5.80. The largest absolute Gasteiger partial charge is 0.496 e. The van der Waals surface area contributed by atoms with Gasteiger partial charge < -0.3 is 24.8 Å². The van der Waals surface area contributed by atoms with Gasteiger partial charge in [0, 0.05) is 10.9 Å². The Morgan fingerprint density at radius 3 is 1.95 bits per heavy atom. The van der Waals surface area contributed by atoms with Gasteiger partial charge in [0.15, 0.2) is 0 Å². The second kappa shape index (κ2) is 5.98. The maximum absolute atomic E-state index is 13.6. The van der Waals surface area contributed by atoms with Crippen molar-refractivity contribution in [3.63, 3.8) is 0 Å². The van der Waals surface area contributed by atoms with Crippen molar-refractivity contribution in [1.29, 1.82) is 0 Å². The van der Waals surface area contributed by atoms with E-state index in [-0.39, 0.29) is 0 Å². The van der Waals surface area contributed by atoms with Gasteiger partial charge in [-0.05, 0) is 27.7 Å². The lowest BCUT2D eigenvalue weighted by Gasteiger charge is -2.38. The van der Waals surface area contributed by atoms with E-state index in [2.05, 4.69) is 4.98 Å². The van der Waals surface area contributed by atoms with Crippen LogP contribution in [0.25, 0.3) is 0 Å². The van der Waals surface area contributed by atoms with Gasteiger partial charge in [-0.15, -0.1) is 0 Å². The van der Waals surface area contributed by atoms with Crippen molar-refractivity contribution in [3.8, 4) is 0 Å². The molecule has 1 aromatic heterocycles. The lowest BCUT2D eigenvalue weighted by atomic mass is 9.72. The second-order valence-electron chi connectivity index (χ2n) is 5.66. The van der Waals surface area contributed by atoms with Gasteiger partial charge in [-0.3, -0.25) is 0 Å². The zero-order chi connectivity index (χ0) is 16.6. The van der Waals surface area contributed by atoms with Crippen molar-refractivity contribution in [3.05, 3.63) is 18.0 Å². The Morgan fingerprint density at radius 1 is 1.05 bits per heavy atom. The van der Waals surface area contributed by atoms with Crippen LogP contribution in [0.15, 0.2) is 6.07 Å². The van der Waals surface area contributed by atoms with Crippen molar-refractivity contribution < 1.29 is 33.6 Å². The van der Waals surface area contributed by atoms with Gasteiger partial charge >= 0.3 is 14.2 Å². The van der Waals surface area contributed by atoms with Gasteiger partial charge in [-0.2, -0.15) is 13.8 Å². The third kappa shape index (κ3) is 3.98. The molecule has 0 unspecified atom stereocenters. The molecule has 10 heteroatoms. The van der Waals surface area contributed by atoms with Crippen LogP contribution >= 0.6 is 0 Å². The quantitative estimate of drug-likeness (QED) is 0.382. The SMILES string of the molecule is CC(C)(O)C(C)(C)OB(O)c1cc(B(O)O)c(F)nc1F. The van der Waals surface area contributed by atoms with Gasteiger partial charge in [0.25, 0.3) is 0 Å². The van der Waals surface area contributed by atoms with Crippen molar-refractivity contribution in [2.24, 2.45) is 0 Å². The van der Waals surface area contributed by atoms with Crippen molar-refractivity contribution in [2.45, 2.75) is 38.9 Å². The number of pyridine rings is 1. The lowest BCUT2D eigenvalue weighted by molar-refractivity contribution is -0.0983. The summed E-state index contributed by atoms with van der Waals surface area (Å²) in [5.41, 5.74) is -3.91. The number of halogens is 2. The van der Waals surface area contributed by atoms with Gasteiger partial charge in [-0.1, -0.05) is 6.07 Å². The lowest BCUT2D eigenvalue weighted by Crippen LogP contribution is -2.54. The summed E-state index contributed by atoms with van der Waals surface area (Å²) in [7, 11) is -4.09. The highest BCUT2D eigenvalue weighted by molar-refractivity contribution is 6.63. The fraction of sp³-hybridized carbons (Fsp3) is 0.545. The normalized spacial score (nSPS) is 12.5. The van der Waals surface area contributed by atoms with Crippen LogP contribution in [0.5, 0.6) is 0 Å². The number of aromatic nitrogens is 1. The molecule has 0 atom stereocenters. The van der Waals surface area contributed by atoms with E-state index in [1.54, 1.807) is 0 Å². The Labute approximate surface area is 121 Å². The topological polar surface area (TPSA) is 103 Å². The summed E-state index contributed by atoms with van der Waals surface area (Å²) < 4.78 is 32.0. The van der Waals surface area contributed by atoms with Gasteiger partial charge in [0.05, 0.1) is 11.2 Å². The molecule has 0 aliphatic heterocycles. The Hall–Kier alpha value is -1.06. The van der Waals surface area contributed by atoms with Crippen LogP contribution < -0.4 is 10.9 Å². The summed E-state index contributed by atoms with van der Waals surface area (Å²) in [5.74, 6) is -2.75. The van der Waals surface area contributed by atoms with E-state index in [1.807, 2.05) is 0 Å². The van der Waals surface area contributed by atoms with Crippen LogP contribution in [0.1, 0.15) is 27.7 Å². The van der Waals surface area contributed by atoms with E-state index >= 15 is 0 Å². The number of hydrogen-bond donors (Lipinski definition) is 4. The van der Waals surface area contributed by atoms with Crippen molar-refractivity contribution >= 4 is 25.2 Å². The van der Waals surface area contributed by atoms with Crippen molar-refractivity contribution in [1.82, 2.24) is 4.98 Å². The maximum Gasteiger partial charge on any atom is 0.496 e. The molecule has 1 aromatic rings. The molecule has 1 rings (SSSR count). The summed E-state index contributed by atoms with van der Waals surface area (Å²) >= 11 is 0. The molecule has 0 radical (unpaired) electrons. The Morgan fingerprint density at radius 2 is 1.52 bits per heavy atom. The van der Waals surface area contributed by atoms with Crippen LogP contribution in [0.2, 0.25) is 0 Å². The minimum Gasteiger partial charge on any atom is -0.423 e. The summed E-state index contributed by atoms with van der Waals surface area (Å²) in [4.78, 5) is 2.85. The highest BCUT2D eigenvalue weighted by Crippen LogP contribution is 2.25. The summed E-state index contributed by atoms with van der Waals surface area (Å²) in [6.07, 6.45) is 0. The zero-order valence-electron chi connectivity index (χ0n) is 12.1. The standard InChI is InChI=1S/C11H17B2F2NO5/c1-10(2,17)11(3,4)21-13(20)7-5-6(12(18)19)8(14)16-9(7)15/h5,17-20H,1-4H3. The first-order valence-corrected chi connectivity index (χ1v) is 6.17. The number of aliphatic hydroxyl groups is 1. The van der Waals surface area contributed by atoms with Gasteiger partial charge in [0.2, 0.25) is 11.9 Å². The zero-order valence-corrected chi connectivity index (χ0v) is 12.1. The molecule has 0 amide bonds. The Balaban J connectivity index is 3.14. The molecule has 0 saturated carbocycles. The fourth-order valence-corrected chi connectivity index (χ4v) is 1.34. The van der Waals surface area contributed by atoms with E-state index in [4.69, 9.17) is 14.7 Å². The molecule has 21 heavy (non-hydrogen) atoms. The molecule has 4 N–H and O–H groups in total. The molecule has 6 nitrogen and oxygen atoms in total. The molecule has 116 valence electrons. The highest BCUT2D eigenvalue weighted by Gasteiger charge is 2.41. The average Bonchev–Trinajstić information content (AvgIpc) is 2.25. The molecule has 0 aromatic carbocycles. The second-order valence-corrected chi connectivity index (χ2v) is 5.66. The summed E-state index contributed by atoms with van der Waals surface area (Å²) in [5, 5.41) is 37.7. The minimum absolute atomic E-state index is 0.572. The molecule has 0 aliphatic rings. The van der Waals surface area contributed by atoms with Gasteiger partial charge in [0.1, 0.15) is 0 Å². The first-order chi connectivity index (χ1) is 9.36. The van der Waals surface area contributed by atoms with E-state index in [9.17, 15) is 18.9 Å². The predicted molar refractivity (Wildman–Crippen MR) is 73.0 cm³/mol. The van der Waals surface area contributed by atoms with E-state index in [0.717, 1.165) is 0 Å². The molecule has 0 bridgehead atoms. The number of hydrogen-bond acceptors (Lipinski definition) is 6. The van der Waals surface area contributed by atoms with Crippen LogP contribution in [-0.4, -0.2) is 50.6 Å². The number of nitrogens with zero attached hydrogens (tertiary/aromatic N) is 1. The first-order valence-electron chi connectivity index (χ1n) is 6.17. The Kier molecular flexibility index (Phi) is 5.12. The fourth-order valence-electron chi connectivity index (χ4n) is 1.34. The molecule has 0 saturated heterocycles. The maximum atomic E-state index is 13.6. The summed E-state index contributed by atoms with van der Waals surface area (Å²) in [6, 6.07) is 0.702. The number of rotatable bonds is 5. The van der Waals surface area contributed by atoms with Crippen LogP contribution in [-0.2, 0) is 4.65 Å². The molecule has 0 aliphatic carbocycles. The predicted octanol–water partition coefficient (Wildman–Crippen LogP) is -1.71. The van der Waals surface area contributed by atoms with Gasteiger partial charge in [-0.25, -0.2) is 0 Å². The smallest absolute Gasteiger partial charge is 0.423 e. The first kappa shape index (κ1) is 18.0. The molecular formula is C11H17B2F2NO5. The van der Waals surface area contributed by atoms with Crippen molar-refractivity contribution in [2.75, 3.05) is 0 Å². The average molecular weight is 303 g/mol. The van der Waals surface area contributed by atoms with Crippen LogP contribution in [0, 0.1) is 11.9 Å². The van der Waals surface area contributed by atoms with E-state index in [1.165, 1.54) is 27.7 Å². The van der Waals surface area contributed by atoms with Crippen LogP contribution in [0.3, 0.4) is 0 Å². The third-order valence-electron chi connectivity index (χ3n) is 3.41. The van der Waals surface area contributed by atoms with E-state index < -0.39 is 48.3 Å². The Bertz CT molecular complexity index is 522. The molecule has 0 fully saturated rings.